The molecule has 5 nitrogen and oxygen atoms in total. The third-order valence-corrected chi connectivity index (χ3v) is 1.66. The van der Waals surface area contributed by atoms with Crippen LogP contribution in [0.15, 0.2) is 6.07 Å². The van der Waals surface area contributed by atoms with Gasteiger partial charge in [-0.15, -0.1) is 0 Å². The lowest BCUT2D eigenvalue weighted by Crippen LogP contribution is -2.03. The van der Waals surface area contributed by atoms with Crippen molar-refractivity contribution in [2.45, 2.75) is 13.3 Å². The quantitative estimate of drug-likeness (QED) is 0.556. The first-order valence-corrected chi connectivity index (χ1v) is 3.81. The molecule has 78 valence electrons. The molecule has 1 aromatic rings. The molecule has 0 spiro atoms. The molecule has 0 fully saturated rings. The zero-order chi connectivity index (χ0) is 11.6. The maximum Gasteiger partial charge on any atom is 0.314 e. The molecule has 0 bridgehead atoms. The van der Waals surface area contributed by atoms with E-state index >= 15 is 0 Å². The fourth-order valence-corrected chi connectivity index (χ4v) is 1.12. The van der Waals surface area contributed by atoms with Crippen LogP contribution >= 0.6 is 0 Å². The van der Waals surface area contributed by atoms with Crippen molar-refractivity contribution in [2.75, 3.05) is 0 Å². The van der Waals surface area contributed by atoms with Gasteiger partial charge in [-0.3, -0.25) is 10.1 Å². The topological polar surface area (TPSA) is 79.8 Å². The first-order valence-electron chi connectivity index (χ1n) is 3.81. The summed E-state index contributed by atoms with van der Waals surface area (Å²) in [6, 6.07) is 2.60. The Balaban J connectivity index is 3.56. The van der Waals surface area contributed by atoms with Crippen molar-refractivity contribution < 1.29 is 13.7 Å². The Hall–Kier alpha value is -2.10. The Morgan fingerprint density at radius 3 is 2.67 bits per heavy atom. The van der Waals surface area contributed by atoms with Crippen LogP contribution in [0.1, 0.15) is 23.4 Å². The summed E-state index contributed by atoms with van der Waals surface area (Å²) < 4.78 is 24.8. The molecule has 15 heavy (non-hydrogen) atoms. The van der Waals surface area contributed by atoms with Crippen molar-refractivity contribution >= 4 is 5.69 Å². The predicted octanol–water partition coefficient (Wildman–Crippen LogP) is 2.11. The van der Waals surface area contributed by atoms with Crippen LogP contribution in [0.2, 0.25) is 0 Å². The highest BCUT2D eigenvalue weighted by molar-refractivity contribution is 5.52. The summed E-state index contributed by atoms with van der Waals surface area (Å²) in [5.74, 6) is 0. The third-order valence-electron chi connectivity index (χ3n) is 1.66. The third kappa shape index (κ3) is 2.04. The van der Waals surface area contributed by atoms with E-state index in [-0.39, 0.29) is 5.69 Å². The van der Waals surface area contributed by atoms with Crippen LogP contribution in [0.3, 0.4) is 0 Å². The number of nitriles is 1. The molecule has 0 amide bonds. The van der Waals surface area contributed by atoms with Crippen LogP contribution in [-0.2, 0) is 0 Å². The first kappa shape index (κ1) is 11.0. The van der Waals surface area contributed by atoms with Crippen molar-refractivity contribution in [1.29, 1.82) is 5.26 Å². The van der Waals surface area contributed by atoms with Crippen LogP contribution in [0.4, 0.5) is 14.5 Å². The van der Waals surface area contributed by atoms with Gasteiger partial charge >= 0.3 is 5.69 Å². The number of nitrogens with zero attached hydrogens (tertiary/aromatic N) is 3. The largest absolute Gasteiger partial charge is 0.314 e. The lowest BCUT2D eigenvalue weighted by molar-refractivity contribution is -0.386. The Morgan fingerprint density at radius 1 is 1.67 bits per heavy atom. The average Bonchev–Trinajstić information content (AvgIpc) is 2.15. The van der Waals surface area contributed by atoms with Crippen LogP contribution in [0, 0.1) is 28.4 Å². The van der Waals surface area contributed by atoms with Crippen molar-refractivity contribution in [3.05, 3.63) is 33.1 Å². The summed E-state index contributed by atoms with van der Waals surface area (Å²) in [6.45, 7) is 1.39. The molecule has 0 atom stereocenters. The second-order valence-electron chi connectivity index (χ2n) is 2.71. The van der Waals surface area contributed by atoms with Crippen LogP contribution in [0.25, 0.3) is 0 Å². The van der Waals surface area contributed by atoms with E-state index in [1.807, 2.05) is 0 Å². The Kier molecular flexibility index (Phi) is 2.90. The monoisotopic (exact) mass is 213 g/mol. The number of nitro groups is 1. The summed E-state index contributed by atoms with van der Waals surface area (Å²) >= 11 is 0. The molecule has 1 heterocycles. The zero-order valence-corrected chi connectivity index (χ0v) is 7.57. The van der Waals surface area contributed by atoms with Crippen molar-refractivity contribution in [3.63, 3.8) is 0 Å². The van der Waals surface area contributed by atoms with Gasteiger partial charge in [0, 0.05) is 5.69 Å². The smallest absolute Gasteiger partial charge is 0.258 e. The van der Waals surface area contributed by atoms with Crippen molar-refractivity contribution in [1.82, 2.24) is 4.98 Å². The van der Waals surface area contributed by atoms with Gasteiger partial charge in [0.1, 0.15) is 11.6 Å². The average molecular weight is 213 g/mol. The summed E-state index contributed by atoms with van der Waals surface area (Å²) in [7, 11) is 0. The standard InChI is InChI=1S/C8H5F2N3O2/c1-4-2-5(3-11)7(13(14)15)6(12-4)8(9)10/h2,8H,1H3. The van der Waals surface area contributed by atoms with Gasteiger partial charge in [0.15, 0.2) is 5.69 Å². The van der Waals surface area contributed by atoms with E-state index in [9.17, 15) is 18.9 Å². The number of pyridine rings is 1. The van der Waals surface area contributed by atoms with E-state index in [0.29, 0.717) is 0 Å². The fraction of sp³-hybridized carbons (Fsp3) is 0.250. The molecule has 0 aromatic carbocycles. The van der Waals surface area contributed by atoms with Crippen LogP contribution in [0.5, 0.6) is 0 Å². The van der Waals surface area contributed by atoms with Gasteiger partial charge in [-0.1, -0.05) is 0 Å². The highest BCUT2D eigenvalue weighted by atomic mass is 19.3. The Labute approximate surface area is 83.1 Å². The second kappa shape index (κ2) is 3.96. The minimum Gasteiger partial charge on any atom is -0.258 e. The molecule has 0 aliphatic carbocycles. The minimum atomic E-state index is -3.07. The second-order valence-corrected chi connectivity index (χ2v) is 2.71. The first-order chi connectivity index (χ1) is 6.97. The normalized spacial score (nSPS) is 10.1. The zero-order valence-electron chi connectivity index (χ0n) is 7.57. The van der Waals surface area contributed by atoms with Gasteiger partial charge in [-0.05, 0) is 13.0 Å². The van der Waals surface area contributed by atoms with Crippen molar-refractivity contribution in [2.24, 2.45) is 0 Å². The van der Waals surface area contributed by atoms with Gasteiger partial charge in [0.2, 0.25) is 0 Å². The van der Waals surface area contributed by atoms with Gasteiger partial charge < -0.3 is 0 Å². The number of alkyl halides is 2. The molecule has 1 aromatic heterocycles. The molecule has 0 saturated carbocycles. The molecule has 0 aliphatic rings. The fourth-order valence-electron chi connectivity index (χ4n) is 1.12. The number of halogens is 2. The van der Waals surface area contributed by atoms with Gasteiger partial charge in [0.25, 0.3) is 6.43 Å². The van der Waals surface area contributed by atoms with Crippen LogP contribution < -0.4 is 0 Å². The maximum absolute atomic E-state index is 12.4. The van der Waals surface area contributed by atoms with E-state index in [2.05, 4.69) is 4.98 Å². The molecule has 7 heteroatoms. The van der Waals surface area contributed by atoms with E-state index < -0.39 is 28.3 Å². The Bertz CT molecular complexity index is 454. The maximum atomic E-state index is 12.4. The van der Waals surface area contributed by atoms with Gasteiger partial charge in [-0.2, -0.15) is 5.26 Å². The number of rotatable bonds is 2. The van der Waals surface area contributed by atoms with Gasteiger partial charge in [0.05, 0.1) is 4.92 Å². The van der Waals surface area contributed by atoms with E-state index in [1.165, 1.54) is 13.0 Å². The molecule has 0 N–H and O–H groups in total. The predicted molar refractivity (Wildman–Crippen MR) is 45.3 cm³/mol. The lowest BCUT2D eigenvalue weighted by Gasteiger charge is -2.03. The molecule has 0 saturated heterocycles. The number of hydrogen-bond donors (Lipinski definition) is 0. The summed E-state index contributed by atoms with van der Waals surface area (Å²) in [4.78, 5) is 12.8. The summed E-state index contributed by atoms with van der Waals surface area (Å²) in [6.07, 6.45) is -3.07. The molecular weight excluding hydrogens is 208 g/mol. The number of aromatic nitrogens is 1. The Morgan fingerprint density at radius 2 is 2.27 bits per heavy atom. The van der Waals surface area contributed by atoms with E-state index in [1.54, 1.807) is 0 Å². The molecule has 0 radical (unpaired) electrons. The molecule has 1 rings (SSSR count). The molecule has 0 unspecified atom stereocenters. The minimum absolute atomic E-state index is 0.146. The highest BCUT2D eigenvalue weighted by Gasteiger charge is 2.28. The van der Waals surface area contributed by atoms with Gasteiger partial charge in [-0.25, -0.2) is 13.8 Å². The molecule has 0 aliphatic heterocycles. The van der Waals surface area contributed by atoms with Crippen molar-refractivity contribution in [3.8, 4) is 6.07 Å². The number of aryl methyl sites for hydroxylation is 1. The highest BCUT2D eigenvalue weighted by Crippen LogP contribution is 2.30. The lowest BCUT2D eigenvalue weighted by atomic mass is 10.1. The summed E-state index contributed by atoms with van der Waals surface area (Å²) in [5.41, 5.74) is -2.13. The van der Waals surface area contributed by atoms with E-state index in [4.69, 9.17) is 5.26 Å². The van der Waals surface area contributed by atoms with Crippen LogP contribution in [-0.4, -0.2) is 9.91 Å². The molecular formula is C8H5F2N3O2. The summed E-state index contributed by atoms with van der Waals surface area (Å²) in [5, 5.41) is 19.1. The number of hydrogen-bond acceptors (Lipinski definition) is 4. The SMILES string of the molecule is Cc1cc(C#N)c([N+](=O)[O-])c(C(F)F)n1. The van der Waals surface area contributed by atoms with E-state index in [0.717, 1.165) is 6.07 Å².